The summed E-state index contributed by atoms with van der Waals surface area (Å²) in [5, 5.41) is 28.4. The van der Waals surface area contributed by atoms with E-state index in [4.69, 9.17) is 0 Å². The summed E-state index contributed by atoms with van der Waals surface area (Å²) in [4.78, 5) is 63.3. The van der Waals surface area contributed by atoms with Crippen LogP contribution in [0.2, 0.25) is 0 Å². The van der Waals surface area contributed by atoms with Gasteiger partial charge in [-0.15, -0.1) is 0 Å². The highest BCUT2D eigenvalue weighted by atomic mass is 16.4. The quantitative estimate of drug-likeness (QED) is 0.0991. The van der Waals surface area contributed by atoms with E-state index in [9.17, 15) is 29.4 Å². The van der Waals surface area contributed by atoms with E-state index in [-0.39, 0.29) is 24.8 Å². The number of benzene rings is 3. The molecule has 0 unspecified atom stereocenters. The van der Waals surface area contributed by atoms with E-state index in [1.807, 2.05) is 118 Å². The summed E-state index contributed by atoms with van der Waals surface area (Å²) >= 11 is 0. The Bertz CT molecular complexity index is 2000. The number of carboxylic acid groups (broad SMARTS) is 1. The van der Waals surface area contributed by atoms with Crippen LogP contribution in [0, 0.1) is 10.8 Å². The van der Waals surface area contributed by atoms with Crippen LogP contribution in [0.25, 0.3) is 11.1 Å². The number of rotatable bonds is 16. The molecule has 1 aliphatic rings. The van der Waals surface area contributed by atoms with Crippen LogP contribution in [-0.2, 0) is 29.0 Å². The summed E-state index contributed by atoms with van der Waals surface area (Å²) in [5.74, 6) is -0.870. The van der Waals surface area contributed by atoms with Gasteiger partial charge in [-0.05, 0) is 64.0 Å². The van der Waals surface area contributed by atoms with Crippen molar-refractivity contribution >= 4 is 23.9 Å². The van der Waals surface area contributed by atoms with E-state index < -0.39 is 53.1 Å². The molecule has 4 N–H and O–H groups in total. The van der Waals surface area contributed by atoms with Crippen LogP contribution in [0.15, 0.2) is 109 Å². The van der Waals surface area contributed by atoms with E-state index in [1.165, 1.54) is 7.05 Å². The Morgan fingerprint density at radius 2 is 1.36 bits per heavy atom. The number of carbonyl (C=O) groups excluding carboxylic acids is 3. The number of likely N-dealkylation sites (N-methyl/N-ethyl adjacent to an activating group) is 1. The normalized spacial score (nSPS) is 15.8. The lowest BCUT2D eigenvalue weighted by Crippen LogP contribution is -2.59. The van der Waals surface area contributed by atoms with Crippen molar-refractivity contribution in [2.75, 3.05) is 20.1 Å². The number of nitrogens with zero attached hydrogens (tertiary/aromatic N) is 4. The number of nitrogens with one attached hydrogen (secondary N) is 2. The Labute approximate surface area is 348 Å². The van der Waals surface area contributed by atoms with E-state index in [1.54, 1.807) is 43.0 Å². The summed E-state index contributed by atoms with van der Waals surface area (Å²) < 4.78 is 0. The van der Waals surface area contributed by atoms with E-state index in [0.717, 1.165) is 32.7 Å². The van der Waals surface area contributed by atoms with Crippen LogP contribution in [0.3, 0.4) is 0 Å². The van der Waals surface area contributed by atoms with Gasteiger partial charge in [-0.3, -0.25) is 19.5 Å². The van der Waals surface area contributed by atoms with E-state index in [2.05, 4.69) is 15.6 Å². The molecule has 59 heavy (non-hydrogen) atoms. The highest BCUT2D eigenvalue weighted by Gasteiger charge is 2.44. The van der Waals surface area contributed by atoms with Gasteiger partial charge >= 0.3 is 12.1 Å². The summed E-state index contributed by atoms with van der Waals surface area (Å²) in [6.07, 6.45) is 1.72. The molecule has 0 aliphatic carbocycles. The van der Waals surface area contributed by atoms with Crippen LogP contribution in [0.1, 0.15) is 64.7 Å². The minimum absolute atomic E-state index is 0.0548. The van der Waals surface area contributed by atoms with Crippen molar-refractivity contribution in [1.82, 2.24) is 30.3 Å². The molecule has 1 aromatic heterocycles. The zero-order chi connectivity index (χ0) is 42.9. The number of aliphatic hydroxyl groups is 1. The number of hydrogen-bond acceptors (Lipinski definition) is 6. The molecule has 1 saturated heterocycles. The molecule has 12 nitrogen and oxygen atoms in total. The summed E-state index contributed by atoms with van der Waals surface area (Å²) in [6, 6.07) is 27.5. The molecule has 4 aromatic rings. The van der Waals surface area contributed by atoms with Gasteiger partial charge in [0.05, 0.1) is 12.1 Å². The van der Waals surface area contributed by atoms with Gasteiger partial charge < -0.3 is 30.6 Å². The minimum Gasteiger partial charge on any atom is -0.465 e. The molecule has 1 aliphatic heterocycles. The average Bonchev–Trinajstić information content (AvgIpc) is 3.52. The average molecular weight is 805 g/mol. The van der Waals surface area contributed by atoms with Crippen molar-refractivity contribution in [2.24, 2.45) is 10.8 Å². The Balaban J connectivity index is 1.42. The monoisotopic (exact) mass is 804 g/mol. The third-order valence-corrected chi connectivity index (χ3v) is 10.9. The second-order valence-electron chi connectivity index (χ2n) is 17.8. The van der Waals surface area contributed by atoms with Gasteiger partial charge in [-0.25, -0.2) is 9.59 Å². The van der Waals surface area contributed by atoms with E-state index >= 15 is 0 Å². The maximum Gasteiger partial charge on any atom is 0.407 e. The fourth-order valence-electron chi connectivity index (χ4n) is 8.05. The first-order valence-electron chi connectivity index (χ1n) is 20.3. The molecule has 1 fully saturated rings. The van der Waals surface area contributed by atoms with Crippen LogP contribution in [0.5, 0.6) is 0 Å². The molecule has 5 amide bonds. The third-order valence-electron chi connectivity index (χ3n) is 10.9. The van der Waals surface area contributed by atoms with Gasteiger partial charge in [-0.2, -0.15) is 0 Å². The molecule has 0 radical (unpaired) electrons. The lowest BCUT2D eigenvalue weighted by atomic mass is 9.84. The number of carbonyl (C=O) groups is 4. The maximum absolute atomic E-state index is 14.6. The first-order valence-corrected chi connectivity index (χ1v) is 20.3. The second-order valence-corrected chi connectivity index (χ2v) is 17.8. The third kappa shape index (κ3) is 11.9. The summed E-state index contributed by atoms with van der Waals surface area (Å²) in [7, 11) is 1.36. The van der Waals surface area contributed by atoms with Crippen molar-refractivity contribution in [3.05, 3.63) is 126 Å². The van der Waals surface area contributed by atoms with Crippen LogP contribution >= 0.6 is 0 Å². The topological polar surface area (TPSA) is 155 Å². The molecule has 12 heteroatoms. The molecule has 5 rings (SSSR count). The van der Waals surface area contributed by atoms with Crippen molar-refractivity contribution in [2.45, 2.75) is 97.6 Å². The number of pyridine rings is 1. The molecule has 0 saturated carbocycles. The first kappa shape index (κ1) is 44.4. The Kier molecular flexibility index (Phi) is 14.5. The number of aromatic nitrogens is 1. The maximum atomic E-state index is 14.6. The molecule has 0 bridgehead atoms. The van der Waals surface area contributed by atoms with Crippen LogP contribution < -0.4 is 10.6 Å². The zero-order valence-electron chi connectivity index (χ0n) is 35.3. The van der Waals surface area contributed by atoms with Gasteiger partial charge in [-0.1, -0.05) is 133 Å². The molecule has 314 valence electrons. The van der Waals surface area contributed by atoms with Gasteiger partial charge in [0.2, 0.25) is 11.8 Å². The van der Waals surface area contributed by atoms with Crippen molar-refractivity contribution in [3.63, 3.8) is 0 Å². The first-order chi connectivity index (χ1) is 27.9. The molecule has 2 heterocycles. The Morgan fingerprint density at radius 3 is 1.92 bits per heavy atom. The van der Waals surface area contributed by atoms with Crippen molar-refractivity contribution < 1.29 is 29.4 Å². The lowest BCUT2D eigenvalue weighted by molar-refractivity contribution is -0.131. The number of urea groups is 1. The van der Waals surface area contributed by atoms with Gasteiger partial charge in [0.25, 0.3) is 0 Å². The summed E-state index contributed by atoms with van der Waals surface area (Å²) in [5.41, 5.74) is 3.28. The fourth-order valence-corrected chi connectivity index (χ4v) is 8.05. The number of aliphatic hydroxyl groups excluding tert-OH is 1. The van der Waals surface area contributed by atoms with Crippen LogP contribution in [0.4, 0.5) is 9.59 Å². The lowest BCUT2D eigenvalue weighted by Gasteiger charge is -2.38. The smallest absolute Gasteiger partial charge is 0.407 e. The Morgan fingerprint density at radius 1 is 0.746 bits per heavy atom. The Hall–Kier alpha value is -5.75. The molecule has 3 aromatic carbocycles. The molecule has 0 spiro atoms. The molecule has 5 atom stereocenters. The fraction of sp³-hybridized carbons (Fsp3) is 0.426. The highest BCUT2D eigenvalue weighted by Crippen LogP contribution is 2.30. The summed E-state index contributed by atoms with van der Waals surface area (Å²) in [6.45, 7) is 12.5. The van der Waals surface area contributed by atoms with Gasteiger partial charge in [0.1, 0.15) is 12.1 Å². The highest BCUT2D eigenvalue weighted by molar-refractivity contribution is 5.89. The minimum atomic E-state index is -1.25. The zero-order valence-corrected chi connectivity index (χ0v) is 35.3. The van der Waals surface area contributed by atoms with E-state index in [0.29, 0.717) is 26.1 Å². The largest absolute Gasteiger partial charge is 0.465 e. The molecular weight excluding hydrogens is 745 g/mol. The van der Waals surface area contributed by atoms with Gasteiger partial charge in [0.15, 0.2) is 0 Å². The predicted octanol–water partition coefficient (Wildman–Crippen LogP) is 6.63. The van der Waals surface area contributed by atoms with Crippen LogP contribution in [-0.4, -0.2) is 104 Å². The number of hydrogen-bond donors (Lipinski definition) is 4. The predicted molar refractivity (Wildman–Crippen MR) is 229 cm³/mol. The van der Waals surface area contributed by atoms with Gasteiger partial charge in [0, 0.05) is 45.1 Å². The number of amides is 5. The second kappa shape index (κ2) is 19.3. The van der Waals surface area contributed by atoms with Crippen molar-refractivity contribution in [3.8, 4) is 11.1 Å². The standard InChI is InChI=1S/C47H60N6O6/c1-46(2,3)40(51(7)45(58)59)42(55)50-38(28-33-20-22-35(23-21-33)36-19-14-24-48-30-36)39(54)29-37(27-32-15-10-8-11-16-32)49-43(56)41(47(4,5)6)53-26-25-52(44(53)57)31-34-17-12-9-13-18-34/h8-24,30,37-41,54H,25-29,31H2,1-7H3,(H,49,56)(H,50,55)(H,58,59)/t37-,38-,39-,40+,41+/m0/s1. The molecular formula is C47H60N6O6. The van der Waals surface area contributed by atoms with Crippen molar-refractivity contribution in [1.29, 1.82) is 0 Å². The SMILES string of the molecule is CN(C(=O)O)[C@H](C(=O)N[C@@H](Cc1ccc(-c2cccnc2)cc1)[C@@H](O)C[C@H](Cc1ccccc1)NC(=O)[C@@H](N1CCN(Cc2ccccc2)C1=O)C(C)(C)C)C(C)(C)C.